The Morgan fingerprint density at radius 2 is 1.15 bits per heavy atom. The second-order valence-electron chi connectivity index (χ2n) is 26.1. The molecule has 502 valence electrons. The van der Waals surface area contributed by atoms with E-state index in [1.807, 2.05) is 19.9 Å². The number of carbonyl (C=O) groups excluding carboxylic acids is 6. The van der Waals surface area contributed by atoms with Crippen molar-refractivity contribution in [2.24, 2.45) is 0 Å². The molecule has 1 unspecified atom stereocenters. The summed E-state index contributed by atoms with van der Waals surface area (Å²) >= 11 is 0. The van der Waals surface area contributed by atoms with Gasteiger partial charge in [-0.05, 0) is 170 Å². The Morgan fingerprint density at radius 1 is 0.632 bits per heavy atom. The Kier molecular flexibility index (Phi) is 18.4. The number of aliphatic hydroxyl groups excluding tert-OH is 1. The van der Waals surface area contributed by atoms with Gasteiger partial charge in [0.2, 0.25) is 11.2 Å². The van der Waals surface area contributed by atoms with E-state index < -0.39 is 78.1 Å². The van der Waals surface area contributed by atoms with E-state index >= 15 is 4.79 Å². The predicted molar refractivity (Wildman–Crippen MR) is 351 cm³/mol. The second-order valence-corrected chi connectivity index (χ2v) is 26.1. The molecule has 0 spiro atoms. The molecule has 4 aromatic heterocycles. The molecule has 0 bridgehead atoms. The van der Waals surface area contributed by atoms with Crippen molar-refractivity contribution < 1.29 is 57.6 Å². The molecule has 0 aliphatic carbocycles. The first kappa shape index (κ1) is 65.1. The molecule has 11 heterocycles. The van der Waals surface area contributed by atoms with Gasteiger partial charge >= 0.3 is 30.1 Å². The van der Waals surface area contributed by atoms with Crippen LogP contribution in [0.5, 0.6) is 11.5 Å². The standard InChI is InChI=1S/C71H84N10O14/c1-6-46-48-32-44(92-68(89)78-28-20-42(21-29-78)76-24-12-10-13-25-76)16-18-56(48)74-62-50(46)38-80-58(62)34-54(52(40-82)64(80)85)70(8-3,94-60(83)36-72-5)66(87)73-37-61(84)95-71(9-4)55-35-59-63-51(39-81(59)65(86)53(55)41-91-67(71)88)47(7-2)49-33-45(17-19-57(49)75-63)93-69(90)79-30-22-43(23-31-79)77-26-14-11-15-27-77/h16-19,32-35,42-43,72,82H,6-15,20-31,36-41H2,1-5H3,(H,73,87)/t70-,71?/m0/s1. The van der Waals surface area contributed by atoms with Crippen LogP contribution in [0, 0.1) is 0 Å². The highest BCUT2D eigenvalue weighted by molar-refractivity contribution is 5.95. The van der Waals surface area contributed by atoms with Crippen molar-refractivity contribution in [2.75, 3.05) is 72.5 Å². The van der Waals surface area contributed by atoms with Crippen LogP contribution in [-0.2, 0) is 83.7 Å². The molecule has 2 atom stereocenters. The number of piperidine rings is 4. The zero-order valence-corrected chi connectivity index (χ0v) is 54.9. The number of cyclic esters (lactones) is 1. The number of carbonyl (C=O) groups is 6. The van der Waals surface area contributed by atoms with E-state index in [2.05, 4.69) is 20.4 Å². The number of fused-ring (bicyclic) bond motifs is 9. The van der Waals surface area contributed by atoms with Crippen molar-refractivity contribution in [3.05, 3.63) is 114 Å². The van der Waals surface area contributed by atoms with Crippen LogP contribution in [0.25, 0.3) is 44.6 Å². The summed E-state index contributed by atoms with van der Waals surface area (Å²) in [6.07, 6.45) is 10.7. The first-order valence-electron chi connectivity index (χ1n) is 34.1. The fourth-order valence-corrected chi connectivity index (χ4v) is 15.9. The third kappa shape index (κ3) is 11.8. The van der Waals surface area contributed by atoms with Gasteiger partial charge in [0.15, 0.2) is 0 Å². The third-order valence-corrected chi connectivity index (χ3v) is 21.0. The van der Waals surface area contributed by atoms with Crippen LogP contribution >= 0.6 is 0 Å². The fraction of sp³-hybridized carbons (Fsp3) is 0.521. The number of hydrogen-bond donors (Lipinski definition) is 3. The molecule has 6 aromatic rings. The number of amides is 3. The lowest BCUT2D eigenvalue weighted by atomic mass is 9.85. The number of esters is 3. The second kappa shape index (κ2) is 26.9. The summed E-state index contributed by atoms with van der Waals surface area (Å²) in [7, 11) is 1.51. The SMILES string of the molecule is CCc1c2c(nc3ccc(OC(=O)N4CCC(N5CCCCC5)CC4)cc13)-c1cc3c(c(=O)n1C2)COC(=O)C3(CC)OC(=O)CNC(=O)[C@@](CC)(OC(=O)CNC)c1cc2n(c(=O)c1CO)Cc1c-2nc2ccc(OC(=O)N3CCC(N4CCCCC4)CC3)cc2c1CC. The number of pyridine rings is 4. The van der Waals surface area contributed by atoms with Gasteiger partial charge in [0.1, 0.15) is 24.7 Å². The molecule has 0 saturated carbocycles. The topological polar surface area (TPSA) is 276 Å². The number of nitrogens with zero attached hydrogens (tertiary/aromatic N) is 8. The number of aliphatic hydroxyl groups is 1. The van der Waals surface area contributed by atoms with Crippen LogP contribution in [0.4, 0.5) is 9.59 Å². The molecule has 3 amide bonds. The molecule has 4 fully saturated rings. The highest BCUT2D eigenvalue weighted by Crippen LogP contribution is 2.45. The first-order valence-corrected chi connectivity index (χ1v) is 34.1. The van der Waals surface area contributed by atoms with Crippen LogP contribution < -0.4 is 31.2 Å². The van der Waals surface area contributed by atoms with Gasteiger partial charge in [-0.2, -0.15) is 0 Å². The van der Waals surface area contributed by atoms with Crippen molar-refractivity contribution in [3.63, 3.8) is 0 Å². The summed E-state index contributed by atoms with van der Waals surface area (Å²) in [5, 5.41) is 17.9. The molecule has 0 radical (unpaired) electrons. The molecule has 7 aliphatic heterocycles. The molecular formula is C71H84N10O14. The van der Waals surface area contributed by atoms with Crippen LogP contribution in [0.2, 0.25) is 0 Å². The van der Waals surface area contributed by atoms with Crippen LogP contribution in [-0.4, -0.2) is 164 Å². The summed E-state index contributed by atoms with van der Waals surface area (Å²) < 4.78 is 32.9. The zero-order valence-electron chi connectivity index (χ0n) is 54.9. The van der Waals surface area contributed by atoms with E-state index in [0.717, 1.165) is 79.3 Å². The minimum Gasteiger partial charge on any atom is -0.457 e. The van der Waals surface area contributed by atoms with Crippen molar-refractivity contribution in [1.82, 2.24) is 49.3 Å². The van der Waals surface area contributed by atoms with Crippen molar-refractivity contribution >= 4 is 57.8 Å². The van der Waals surface area contributed by atoms with Crippen molar-refractivity contribution in [2.45, 2.75) is 167 Å². The zero-order chi connectivity index (χ0) is 66.4. The molecule has 7 aliphatic rings. The lowest BCUT2D eigenvalue weighted by Gasteiger charge is -2.39. The highest BCUT2D eigenvalue weighted by Gasteiger charge is 2.52. The minimum atomic E-state index is -2.35. The maximum Gasteiger partial charge on any atom is 0.415 e. The number of benzene rings is 2. The number of likely N-dealkylation sites (N-methyl/N-ethyl adjacent to an activating group) is 1. The summed E-state index contributed by atoms with van der Waals surface area (Å²) in [5.74, 6) is -3.27. The summed E-state index contributed by atoms with van der Waals surface area (Å²) in [4.78, 5) is 133. The highest BCUT2D eigenvalue weighted by atomic mass is 16.6. The normalized spacial score (nSPS) is 19.7. The van der Waals surface area contributed by atoms with Gasteiger partial charge in [0, 0.05) is 71.3 Å². The fourth-order valence-electron chi connectivity index (χ4n) is 15.9. The lowest BCUT2D eigenvalue weighted by molar-refractivity contribution is -0.189. The quantitative estimate of drug-likeness (QED) is 0.0607. The molecule has 13 rings (SSSR count). The summed E-state index contributed by atoms with van der Waals surface area (Å²) in [6.45, 7) is 11.6. The Balaban J connectivity index is 0.747. The van der Waals surface area contributed by atoms with Crippen LogP contribution in [0.1, 0.15) is 149 Å². The lowest BCUT2D eigenvalue weighted by Crippen LogP contribution is -2.52. The maximum atomic E-state index is 15.1. The average molecular weight is 1300 g/mol. The van der Waals surface area contributed by atoms with Crippen LogP contribution in [0.15, 0.2) is 58.1 Å². The molecule has 24 heteroatoms. The van der Waals surface area contributed by atoms with Gasteiger partial charge < -0.3 is 68.2 Å². The summed E-state index contributed by atoms with van der Waals surface area (Å²) in [5.41, 5.74) is 0.0709. The summed E-state index contributed by atoms with van der Waals surface area (Å²) in [6, 6.07) is 14.6. The van der Waals surface area contributed by atoms with Gasteiger partial charge in [0.05, 0.1) is 71.2 Å². The largest absolute Gasteiger partial charge is 0.457 e. The number of likely N-dealkylation sites (tertiary alicyclic amines) is 4. The van der Waals surface area contributed by atoms with Crippen LogP contribution in [0.3, 0.4) is 0 Å². The molecule has 3 N–H and O–H groups in total. The smallest absolute Gasteiger partial charge is 0.415 e. The predicted octanol–water partition coefficient (Wildman–Crippen LogP) is 7.07. The van der Waals surface area contributed by atoms with Gasteiger partial charge in [-0.25, -0.2) is 24.4 Å². The Hall–Kier alpha value is -8.58. The molecule has 95 heavy (non-hydrogen) atoms. The molecule has 24 nitrogen and oxygen atoms in total. The molecular weight excluding hydrogens is 1220 g/mol. The molecule has 2 aromatic carbocycles. The van der Waals surface area contributed by atoms with E-state index in [0.29, 0.717) is 96.3 Å². The Labute approximate surface area is 550 Å². The average Bonchev–Trinajstić information content (AvgIpc) is 1.63. The van der Waals surface area contributed by atoms with E-state index in [-0.39, 0.29) is 60.4 Å². The first-order chi connectivity index (χ1) is 46.0. The van der Waals surface area contributed by atoms with Gasteiger partial charge in [-0.15, -0.1) is 0 Å². The maximum absolute atomic E-state index is 15.1. The van der Waals surface area contributed by atoms with Gasteiger partial charge in [0.25, 0.3) is 17.0 Å². The Morgan fingerprint density at radius 3 is 1.63 bits per heavy atom. The van der Waals surface area contributed by atoms with Gasteiger partial charge in [-0.3, -0.25) is 24.0 Å². The number of aryl methyl sites for hydroxylation is 2. The van der Waals surface area contributed by atoms with Crippen molar-refractivity contribution in [3.8, 4) is 34.3 Å². The number of ether oxygens (including phenoxy) is 5. The Bertz CT molecular complexity index is 4200. The number of rotatable bonds is 17. The van der Waals surface area contributed by atoms with Crippen molar-refractivity contribution in [1.29, 1.82) is 0 Å². The van der Waals surface area contributed by atoms with E-state index in [4.69, 9.17) is 33.7 Å². The number of aromatic nitrogens is 4. The van der Waals surface area contributed by atoms with Gasteiger partial charge in [-0.1, -0.05) is 40.5 Å². The van der Waals surface area contributed by atoms with E-state index in [1.54, 1.807) is 64.6 Å². The number of hydrogen-bond acceptors (Lipinski definition) is 19. The third-order valence-electron chi connectivity index (χ3n) is 21.0. The monoisotopic (exact) mass is 1300 g/mol. The minimum absolute atomic E-state index is 0.0503. The van der Waals surface area contributed by atoms with E-state index in [9.17, 15) is 38.7 Å². The van der Waals surface area contributed by atoms with E-state index in [1.165, 1.54) is 56.2 Å². The molecule has 4 saturated heterocycles. The number of nitrogens with one attached hydrogen (secondary N) is 2.